The van der Waals surface area contributed by atoms with Crippen LogP contribution in [0.1, 0.15) is 37.5 Å². The number of methoxy groups -OCH3 is 2. The van der Waals surface area contributed by atoms with E-state index >= 15 is 0 Å². The fourth-order valence-electron chi connectivity index (χ4n) is 4.93. The normalized spacial score (nSPS) is 21.3. The van der Waals surface area contributed by atoms with Gasteiger partial charge in [0.2, 0.25) is 0 Å². The summed E-state index contributed by atoms with van der Waals surface area (Å²) in [7, 11) is 2.14. The lowest BCUT2D eigenvalue weighted by Gasteiger charge is -2.46. The minimum absolute atomic E-state index is 0.0114. The second-order valence-electron chi connectivity index (χ2n) is 10.4. The minimum Gasteiger partial charge on any atom is -0.465 e. The van der Waals surface area contributed by atoms with E-state index in [1.807, 2.05) is 0 Å². The van der Waals surface area contributed by atoms with E-state index in [2.05, 4.69) is 10.0 Å². The summed E-state index contributed by atoms with van der Waals surface area (Å²) in [6, 6.07) is 15.1. The molecule has 49 heavy (non-hydrogen) atoms. The van der Waals surface area contributed by atoms with Crippen LogP contribution in [0.5, 0.6) is 0 Å². The Morgan fingerprint density at radius 3 is 1.76 bits per heavy atom. The maximum Gasteiger partial charge on any atom is 0.366 e. The van der Waals surface area contributed by atoms with Crippen LogP contribution in [0.25, 0.3) is 10.4 Å². The molecular formula is C32H28Cl3N3O11. The van der Waals surface area contributed by atoms with Crippen molar-refractivity contribution in [2.45, 2.75) is 42.7 Å². The molecule has 0 radical (unpaired) electrons. The van der Waals surface area contributed by atoms with Gasteiger partial charge < -0.3 is 33.5 Å². The van der Waals surface area contributed by atoms with Crippen molar-refractivity contribution < 1.29 is 52.7 Å². The van der Waals surface area contributed by atoms with Crippen LogP contribution >= 0.6 is 34.8 Å². The lowest BCUT2D eigenvalue weighted by Crippen LogP contribution is -2.65. The Morgan fingerprint density at radius 1 is 0.857 bits per heavy atom. The minimum atomic E-state index is -2.35. The third-order valence-corrected chi connectivity index (χ3v) is 8.15. The highest BCUT2D eigenvalue weighted by Gasteiger charge is 2.58. The van der Waals surface area contributed by atoms with Crippen LogP contribution in [0.2, 0.25) is 15.1 Å². The van der Waals surface area contributed by atoms with Crippen molar-refractivity contribution in [3.8, 4) is 0 Å². The van der Waals surface area contributed by atoms with Gasteiger partial charge in [-0.05, 0) is 78.3 Å². The average molecular weight is 737 g/mol. The molecule has 0 saturated carbocycles. The number of nitrogens with zero attached hydrogens (tertiary/aromatic N) is 3. The number of benzene rings is 3. The number of carbonyl (C=O) groups excluding carboxylic acids is 4. The maximum absolute atomic E-state index is 13.5. The molecule has 1 aliphatic heterocycles. The van der Waals surface area contributed by atoms with E-state index in [9.17, 15) is 29.8 Å². The van der Waals surface area contributed by atoms with Crippen LogP contribution in [0, 0.1) is 0 Å². The van der Waals surface area contributed by atoms with Gasteiger partial charge in [-0.1, -0.05) is 39.9 Å². The number of hydrogen-bond acceptors (Lipinski definition) is 12. The Bertz CT molecular complexity index is 1700. The van der Waals surface area contributed by atoms with E-state index in [1.54, 1.807) is 0 Å². The topological polar surface area (TPSA) is 193 Å². The van der Waals surface area contributed by atoms with Crippen molar-refractivity contribution >= 4 is 58.7 Å². The van der Waals surface area contributed by atoms with E-state index in [4.69, 9.17) is 63.2 Å². The first-order chi connectivity index (χ1) is 23.4. The number of aliphatic hydroxyl groups is 1. The number of rotatable bonds is 12. The highest BCUT2D eigenvalue weighted by Crippen LogP contribution is 2.38. The van der Waals surface area contributed by atoms with Crippen LogP contribution in [-0.2, 0) is 33.2 Å². The standard InChI is InChI=1S/C32H28Cl3N3O11/c1-44-31(43)32(45-2)15-23(46-28(40)17-3-9-20(33)10-4-17)25(37-38-36)27(49-32)26(48-30(42)19-7-13-22(35)14-8-19)24(16-39)47-29(41)18-5-11-21(34)12-6-18/h3-14,23-27,39H,15-16H2,1-2H3/t23-,24+,25+,26+,27+,32-/m0/s1. The summed E-state index contributed by atoms with van der Waals surface area (Å²) in [5.74, 6) is -6.37. The highest BCUT2D eigenvalue weighted by atomic mass is 35.5. The fraction of sp³-hybridized carbons (Fsp3) is 0.312. The Hall–Kier alpha value is -4.40. The lowest BCUT2D eigenvalue weighted by atomic mass is 9.88. The molecule has 14 nitrogen and oxygen atoms in total. The summed E-state index contributed by atoms with van der Waals surface area (Å²) < 4.78 is 33.6. The third-order valence-electron chi connectivity index (χ3n) is 7.39. The number of esters is 4. The maximum atomic E-state index is 13.5. The molecule has 1 saturated heterocycles. The summed E-state index contributed by atoms with van der Waals surface area (Å²) in [4.78, 5) is 56.1. The van der Waals surface area contributed by atoms with Crippen LogP contribution in [0.4, 0.5) is 0 Å². The first kappa shape index (κ1) is 37.4. The SMILES string of the molecule is COC(=O)[C@]1(OC)C[C@H](OC(=O)c2ccc(Cl)cc2)[C@@H](N=[N+]=[N-])[C@H]([C@H](OC(=O)c2ccc(Cl)cc2)[C@@H](CO)OC(=O)c2ccc(Cl)cc2)O1. The highest BCUT2D eigenvalue weighted by molar-refractivity contribution is 6.31. The molecule has 0 spiro atoms. The van der Waals surface area contributed by atoms with Crippen molar-refractivity contribution in [2.24, 2.45) is 5.11 Å². The van der Waals surface area contributed by atoms with Crippen molar-refractivity contribution in [1.29, 1.82) is 0 Å². The van der Waals surface area contributed by atoms with E-state index in [-0.39, 0.29) is 16.7 Å². The Kier molecular flexibility index (Phi) is 12.8. The molecule has 0 aliphatic carbocycles. The molecule has 258 valence electrons. The molecule has 0 amide bonds. The molecule has 3 aromatic carbocycles. The summed E-state index contributed by atoms with van der Waals surface area (Å²) >= 11 is 17.9. The van der Waals surface area contributed by atoms with Crippen LogP contribution in [0.3, 0.4) is 0 Å². The van der Waals surface area contributed by atoms with Gasteiger partial charge in [-0.2, -0.15) is 0 Å². The number of azide groups is 1. The molecule has 6 atom stereocenters. The van der Waals surface area contributed by atoms with Gasteiger partial charge in [0.05, 0.1) is 36.8 Å². The van der Waals surface area contributed by atoms with Crippen LogP contribution in [-0.4, -0.2) is 86.1 Å². The summed E-state index contributed by atoms with van der Waals surface area (Å²) in [5, 5.41) is 15.3. The Morgan fingerprint density at radius 2 is 1.33 bits per heavy atom. The number of ether oxygens (including phenoxy) is 6. The molecule has 3 aromatic rings. The quantitative estimate of drug-likeness (QED) is 0.0800. The number of halogens is 3. The smallest absolute Gasteiger partial charge is 0.366 e. The van der Waals surface area contributed by atoms with Gasteiger partial charge in [-0.3, -0.25) is 0 Å². The Balaban J connectivity index is 1.82. The van der Waals surface area contributed by atoms with E-state index in [1.165, 1.54) is 72.8 Å². The van der Waals surface area contributed by atoms with Crippen molar-refractivity contribution in [2.75, 3.05) is 20.8 Å². The van der Waals surface area contributed by atoms with Crippen LogP contribution < -0.4 is 0 Å². The van der Waals surface area contributed by atoms with Crippen molar-refractivity contribution in [3.63, 3.8) is 0 Å². The van der Waals surface area contributed by atoms with Gasteiger partial charge in [0, 0.05) is 27.1 Å². The second-order valence-corrected chi connectivity index (χ2v) is 11.7. The van der Waals surface area contributed by atoms with Gasteiger partial charge in [0.25, 0.3) is 5.79 Å². The molecule has 1 fully saturated rings. The first-order valence-electron chi connectivity index (χ1n) is 14.3. The van der Waals surface area contributed by atoms with E-state index < -0.39 is 73.1 Å². The molecule has 1 N–H and O–H groups in total. The number of carbonyl (C=O) groups is 4. The van der Waals surface area contributed by atoms with E-state index in [0.717, 1.165) is 14.2 Å². The fourth-order valence-corrected chi connectivity index (χ4v) is 5.31. The summed E-state index contributed by atoms with van der Waals surface area (Å²) in [6.45, 7) is -0.978. The molecule has 17 heteroatoms. The second kappa shape index (κ2) is 16.8. The predicted molar refractivity (Wildman–Crippen MR) is 173 cm³/mol. The number of hydrogen-bond donors (Lipinski definition) is 1. The van der Waals surface area contributed by atoms with Crippen LogP contribution in [0.15, 0.2) is 77.9 Å². The van der Waals surface area contributed by atoms with Gasteiger partial charge >= 0.3 is 23.9 Å². The van der Waals surface area contributed by atoms with Crippen molar-refractivity contribution in [3.05, 3.63) is 115 Å². The molecule has 1 heterocycles. The predicted octanol–water partition coefficient (Wildman–Crippen LogP) is 5.60. The van der Waals surface area contributed by atoms with Gasteiger partial charge in [0.15, 0.2) is 12.2 Å². The third kappa shape index (κ3) is 8.99. The Labute approximate surface area is 294 Å². The van der Waals surface area contributed by atoms with Gasteiger partial charge in [0.1, 0.15) is 18.2 Å². The van der Waals surface area contributed by atoms with E-state index in [0.29, 0.717) is 15.1 Å². The summed E-state index contributed by atoms with van der Waals surface area (Å²) in [6.07, 6.45) is -7.46. The van der Waals surface area contributed by atoms with Crippen molar-refractivity contribution in [1.82, 2.24) is 0 Å². The number of aliphatic hydroxyl groups excluding tert-OH is 1. The first-order valence-corrected chi connectivity index (χ1v) is 15.4. The molecule has 1 aliphatic rings. The molecule has 0 bridgehead atoms. The zero-order valence-corrected chi connectivity index (χ0v) is 28.0. The monoisotopic (exact) mass is 735 g/mol. The van der Waals surface area contributed by atoms with Gasteiger partial charge in [-0.15, -0.1) is 0 Å². The zero-order valence-electron chi connectivity index (χ0n) is 25.7. The average Bonchev–Trinajstić information content (AvgIpc) is 3.10. The largest absolute Gasteiger partial charge is 0.465 e. The summed E-state index contributed by atoms with van der Waals surface area (Å²) in [5.41, 5.74) is 9.65. The lowest BCUT2D eigenvalue weighted by molar-refractivity contribution is -0.301. The molecular weight excluding hydrogens is 709 g/mol. The van der Waals surface area contributed by atoms with Gasteiger partial charge in [-0.25, -0.2) is 19.2 Å². The molecule has 4 rings (SSSR count). The zero-order chi connectivity index (χ0) is 35.7. The molecule has 0 aromatic heterocycles. The molecule has 0 unspecified atom stereocenters.